The highest BCUT2D eigenvalue weighted by molar-refractivity contribution is 5.77. The van der Waals surface area contributed by atoms with Crippen LogP contribution in [0.15, 0.2) is 4.99 Å². The van der Waals surface area contributed by atoms with Gasteiger partial charge in [0, 0.05) is 26.3 Å². The number of nitrogens with two attached hydrogens (primary N) is 1. The second-order valence-corrected chi connectivity index (χ2v) is 5.64. The molecule has 19 heavy (non-hydrogen) atoms. The summed E-state index contributed by atoms with van der Waals surface area (Å²) in [4.78, 5) is 4.56. The fraction of sp³-hybridized carbons (Fsp3) is 0.933. The first kappa shape index (κ1) is 16.3. The van der Waals surface area contributed by atoms with Crippen LogP contribution in [0.3, 0.4) is 0 Å². The Kier molecular flexibility index (Phi) is 7.87. The molecule has 0 aromatic carbocycles. The summed E-state index contributed by atoms with van der Waals surface area (Å²) >= 11 is 0. The van der Waals surface area contributed by atoms with Crippen LogP contribution in [0.4, 0.5) is 0 Å². The van der Waals surface area contributed by atoms with Gasteiger partial charge in [0.25, 0.3) is 0 Å². The molecule has 1 fully saturated rings. The van der Waals surface area contributed by atoms with Gasteiger partial charge in [0.2, 0.25) is 0 Å². The normalized spacial score (nSPS) is 18.7. The van der Waals surface area contributed by atoms with Gasteiger partial charge >= 0.3 is 0 Å². The van der Waals surface area contributed by atoms with Gasteiger partial charge in [-0.25, -0.2) is 0 Å². The SMILES string of the molecule is CCCCNC(N)=NCC1(CCOCC)CCCC1. The van der Waals surface area contributed by atoms with Gasteiger partial charge in [-0.3, -0.25) is 4.99 Å². The molecule has 0 aromatic heterocycles. The van der Waals surface area contributed by atoms with Crippen LogP contribution in [-0.4, -0.2) is 32.3 Å². The number of hydrogen-bond acceptors (Lipinski definition) is 2. The van der Waals surface area contributed by atoms with Crippen LogP contribution < -0.4 is 11.1 Å². The zero-order chi connectivity index (χ0) is 14.0. The van der Waals surface area contributed by atoms with E-state index in [0.717, 1.165) is 39.1 Å². The average molecular weight is 269 g/mol. The third-order valence-electron chi connectivity index (χ3n) is 4.07. The lowest BCUT2D eigenvalue weighted by Gasteiger charge is -2.27. The zero-order valence-electron chi connectivity index (χ0n) is 12.7. The van der Waals surface area contributed by atoms with Crippen molar-refractivity contribution < 1.29 is 4.74 Å². The summed E-state index contributed by atoms with van der Waals surface area (Å²) in [6, 6.07) is 0. The van der Waals surface area contributed by atoms with Crippen LogP contribution in [0.2, 0.25) is 0 Å². The first-order valence-electron chi connectivity index (χ1n) is 7.84. The Morgan fingerprint density at radius 1 is 1.32 bits per heavy atom. The molecule has 1 saturated carbocycles. The molecular formula is C15H31N3O. The molecule has 0 radical (unpaired) electrons. The van der Waals surface area contributed by atoms with E-state index in [0.29, 0.717) is 11.4 Å². The lowest BCUT2D eigenvalue weighted by molar-refractivity contribution is 0.107. The molecule has 1 aliphatic rings. The largest absolute Gasteiger partial charge is 0.382 e. The Bertz CT molecular complexity index is 260. The number of nitrogens with one attached hydrogen (secondary N) is 1. The van der Waals surface area contributed by atoms with Crippen LogP contribution in [0.25, 0.3) is 0 Å². The van der Waals surface area contributed by atoms with Gasteiger partial charge in [-0.05, 0) is 38.0 Å². The summed E-state index contributed by atoms with van der Waals surface area (Å²) in [6.45, 7) is 7.67. The predicted octanol–water partition coefficient (Wildman–Crippen LogP) is 2.68. The monoisotopic (exact) mass is 269 g/mol. The van der Waals surface area contributed by atoms with E-state index in [1.807, 2.05) is 0 Å². The van der Waals surface area contributed by atoms with Crippen LogP contribution in [0, 0.1) is 5.41 Å². The molecular weight excluding hydrogens is 238 g/mol. The third-order valence-corrected chi connectivity index (χ3v) is 4.07. The van der Waals surface area contributed by atoms with Gasteiger partial charge in [-0.1, -0.05) is 26.2 Å². The number of unbranched alkanes of at least 4 members (excludes halogenated alkanes) is 1. The molecule has 112 valence electrons. The highest BCUT2D eigenvalue weighted by Gasteiger charge is 2.33. The van der Waals surface area contributed by atoms with E-state index in [9.17, 15) is 0 Å². The van der Waals surface area contributed by atoms with E-state index in [4.69, 9.17) is 10.5 Å². The number of guanidine groups is 1. The Morgan fingerprint density at radius 3 is 2.68 bits per heavy atom. The summed E-state index contributed by atoms with van der Waals surface area (Å²) in [5.74, 6) is 0.608. The lowest BCUT2D eigenvalue weighted by atomic mass is 9.83. The number of aliphatic imine (C=N–C) groups is 1. The van der Waals surface area contributed by atoms with E-state index >= 15 is 0 Å². The maximum atomic E-state index is 5.91. The second kappa shape index (κ2) is 9.18. The maximum absolute atomic E-state index is 5.91. The van der Waals surface area contributed by atoms with Crippen molar-refractivity contribution in [1.82, 2.24) is 5.32 Å². The molecule has 0 spiro atoms. The standard InChI is InChI=1S/C15H31N3O/c1-3-5-11-17-14(16)18-13-15(8-6-7-9-15)10-12-19-4-2/h3-13H2,1-2H3,(H3,16,17,18). The smallest absolute Gasteiger partial charge is 0.188 e. The number of rotatable bonds is 9. The van der Waals surface area contributed by atoms with Crippen molar-refractivity contribution in [3.63, 3.8) is 0 Å². The van der Waals surface area contributed by atoms with Crippen molar-refractivity contribution in [2.45, 2.75) is 58.8 Å². The van der Waals surface area contributed by atoms with E-state index in [1.54, 1.807) is 0 Å². The average Bonchev–Trinajstić information content (AvgIpc) is 2.87. The zero-order valence-corrected chi connectivity index (χ0v) is 12.7. The van der Waals surface area contributed by atoms with Crippen molar-refractivity contribution in [1.29, 1.82) is 0 Å². The lowest BCUT2D eigenvalue weighted by Crippen LogP contribution is -2.34. The summed E-state index contributed by atoms with van der Waals surface area (Å²) in [6.07, 6.45) is 8.63. The molecule has 0 aliphatic heterocycles. The van der Waals surface area contributed by atoms with Crippen molar-refractivity contribution in [3.05, 3.63) is 0 Å². The van der Waals surface area contributed by atoms with Crippen LogP contribution >= 0.6 is 0 Å². The Hall–Kier alpha value is -0.770. The number of nitrogens with zero attached hydrogens (tertiary/aromatic N) is 1. The topological polar surface area (TPSA) is 59.6 Å². The highest BCUT2D eigenvalue weighted by atomic mass is 16.5. The van der Waals surface area contributed by atoms with Gasteiger partial charge < -0.3 is 15.8 Å². The number of ether oxygens (including phenoxy) is 1. The Balaban J connectivity index is 2.37. The van der Waals surface area contributed by atoms with Crippen molar-refractivity contribution in [2.24, 2.45) is 16.1 Å². The van der Waals surface area contributed by atoms with Gasteiger partial charge in [-0.2, -0.15) is 0 Å². The van der Waals surface area contributed by atoms with Gasteiger partial charge in [0.15, 0.2) is 5.96 Å². The minimum Gasteiger partial charge on any atom is -0.382 e. The summed E-state index contributed by atoms with van der Waals surface area (Å²) in [7, 11) is 0. The third kappa shape index (κ3) is 6.28. The van der Waals surface area contributed by atoms with Crippen LogP contribution in [-0.2, 0) is 4.74 Å². The molecule has 0 amide bonds. The van der Waals surface area contributed by atoms with Crippen molar-refractivity contribution in [3.8, 4) is 0 Å². The second-order valence-electron chi connectivity index (χ2n) is 5.64. The van der Waals surface area contributed by atoms with E-state index in [-0.39, 0.29) is 0 Å². The molecule has 0 saturated heterocycles. The summed E-state index contributed by atoms with van der Waals surface area (Å²) < 4.78 is 5.51. The first-order chi connectivity index (χ1) is 9.22. The van der Waals surface area contributed by atoms with Crippen LogP contribution in [0.5, 0.6) is 0 Å². The number of hydrogen-bond donors (Lipinski definition) is 2. The highest BCUT2D eigenvalue weighted by Crippen LogP contribution is 2.41. The molecule has 1 rings (SSSR count). The molecule has 4 heteroatoms. The molecule has 0 heterocycles. The summed E-state index contributed by atoms with van der Waals surface area (Å²) in [5.41, 5.74) is 6.25. The maximum Gasteiger partial charge on any atom is 0.188 e. The minimum atomic E-state index is 0.340. The van der Waals surface area contributed by atoms with Crippen LogP contribution in [0.1, 0.15) is 58.8 Å². The van der Waals surface area contributed by atoms with Gasteiger partial charge in [-0.15, -0.1) is 0 Å². The molecule has 0 unspecified atom stereocenters. The Morgan fingerprint density at radius 2 is 2.05 bits per heavy atom. The first-order valence-corrected chi connectivity index (χ1v) is 7.84. The van der Waals surface area contributed by atoms with Gasteiger partial charge in [0.05, 0.1) is 0 Å². The molecule has 0 atom stereocenters. The van der Waals surface area contributed by atoms with Gasteiger partial charge in [0.1, 0.15) is 0 Å². The molecule has 0 bridgehead atoms. The predicted molar refractivity (Wildman–Crippen MR) is 81.4 cm³/mol. The molecule has 0 aromatic rings. The van der Waals surface area contributed by atoms with Crippen molar-refractivity contribution in [2.75, 3.05) is 26.3 Å². The van der Waals surface area contributed by atoms with E-state index in [2.05, 4.69) is 24.2 Å². The molecule has 1 aliphatic carbocycles. The quantitative estimate of drug-likeness (QED) is 0.384. The fourth-order valence-electron chi connectivity index (χ4n) is 2.75. The van der Waals surface area contributed by atoms with E-state index in [1.165, 1.54) is 32.1 Å². The molecule has 3 N–H and O–H groups in total. The summed E-state index contributed by atoms with van der Waals surface area (Å²) in [5, 5.41) is 3.19. The van der Waals surface area contributed by atoms with Crippen molar-refractivity contribution >= 4 is 5.96 Å². The molecule has 4 nitrogen and oxygen atoms in total. The minimum absolute atomic E-state index is 0.340. The van der Waals surface area contributed by atoms with E-state index < -0.39 is 0 Å². The Labute approximate surface area is 118 Å². The fourth-order valence-corrected chi connectivity index (χ4v) is 2.75.